The minimum Gasteiger partial charge on any atom is -0.489 e. The zero-order chi connectivity index (χ0) is 14.7. The minimum atomic E-state index is -0.863. The standard InChI is InChI=1S/C14H10ClF2NO2/c15-11-4-5-12(16)10(13(11)17)7-20-9-3-1-2-8(6-9)14(18)19/h1-6H,7H2,(H2,18,19). The first-order valence-electron chi connectivity index (χ1n) is 5.64. The third-order valence-electron chi connectivity index (χ3n) is 2.64. The van der Waals surface area contributed by atoms with Crippen molar-refractivity contribution in [2.75, 3.05) is 0 Å². The van der Waals surface area contributed by atoms with Gasteiger partial charge in [0.05, 0.1) is 10.6 Å². The molecule has 3 nitrogen and oxygen atoms in total. The summed E-state index contributed by atoms with van der Waals surface area (Å²) in [5.74, 6) is -1.95. The van der Waals surface area contributed by atoms with Crippen LogP contribution in [0.3, 0.4) is 0 Å². The van der Waals surface area contributed by atoms with E-state index in [1.165, 1.54) is 12.1 Å². The zero-order valence-corrected chi connectivity index (χ0v) is 11.0. The molecule has 0 unspecified atom stereocenters. The van der Waals surface area contributed by atoms with Gasteiger partial charge in [-0.2, -0.15) is 0 Å². The average molecular weight is 298 g/mol. The first-order chi connectivity index (χ1) is 9.49. The average Bonchev–Trinajstić information content (AvgIpc) is 2.43. The van der Waals surface area contributed by atoms with Crippen LogP contribution in [0.4, 0.5) is 8.78 Å². The molecule has 2 aromatic rings. The Morgan fingerprint density at radius 1 is 1.25 bits per heavy atom. The predicted octanol–water partition coefficient (Wildman–Crippen LogP) is 3.30. The molecule has 0 bridgehead atoms. The van der Waals surface area contributed by atoms with E-state index in [0.29, 0.717) is 0 Å². The highest BCUT2D eigenvalue weighted by atomic mass is 35.5. The Morgan fingerprint density at radius 3 is 2.70 bits per heavy atom. The Kier molecular flexibility index (Phi) is 4.20. The van der Waals surface area contributed by atoms with Crippen LogP contribution in [0.15, 0.2) is 36.4 Å². The molecule has 0 aliphatic rings. The molecular weight excluding hydrogens is 288 g/mol. The monoisotopic (exact) mass is 297 g/mol. The highest BCUT2D eigenvalue weighted by Crippen LogP contribution is 2.23. The highest BCUT2D eigenvalue weighted by Gasteiger charge is 2.13. The summed E-state index contributed by atoms with van der Waals surface area (Å²) in [6.07, 6.45) is 0. The number of carbonyl (C=O) groups excluding carboxylic acids is 1. The van der Waals surface area contributed by atoms with E-state index in [9.17, 15) is 13.6 Å². The number of rotatable bonds is 4. The molecule has 0 aliphatic carbocycles. The molecule has 104 valence electrons. The number of hydrogen-bond donors (Lipinski definition) is 1. The number of hydrogen-bond acceptors (Lipinski definition) is 2. The largest absolute Gasteiger partial charge is 0.489 e. The van der Waals surface area contributed by atoms with Crippen molar-refractivity contribution >= 4 is 17.5 Å². The van der Waals surface area contributed by atoms with Gasteiger partial charge < -0.3 is 10.5 Å². The molecular formula is C14H10ClF2NO2. The summed E-state index contributed by atoms with van der Waals surface area (Å²) in [5, 5.41) is -0.184. The van der Waals surface area contributed by atoms with E-state index in [1.54, 1.807) is 12.1 Å². The second kappa shape index (κ2) is 5.88. The normalized spacial score (nSPS) is 10.3. The lowest BCUT2D eigenvalue weighted by atomic mass is 10.2. The van der Waals surface area contributed by atoms with Gasteiger partial charge in [-0.15, -0.1) is 0 Å². The third-order valence-corrected chi connectivity index (χ3v) is 2.93. The quantitative estimate of drug-likeness (QED) is 0.880. The van der Waals surface area contributed by atoms with Crippen molar-refractivity contribution in [3.8, 4) is 5.75 Å². The first-order valence-corrected chi connectivity index (χ1v) is 6.02. The van der Waals surface area contributed by atoms with E-state index in [4.69, 9.17) is 22.1 Å². The summed E-state index contributed by atoms with van der Waals surface area (Å²) in [7, 11) is 0. The van der Waals surface area contributed by atoms with Crippen molar-refractivity contribution in [1.29, 1.82) is 0 Å². The predicted molar refractivity (Wildman–Crippen MR) is 70.7 cm³/mol. The van der Waals surface area contributed by atoms with Crippen LogP contribution < -0.4 is 10.5 Å². The molecule has 0 atom stereocenters. The van der Waals surface area contributed by atoms with Crippen molar-refractivity contribution in [2.45, 2.75) is 6.61 Å². The first kappa shape index (κ1) is 14.3. The van der Waals surface area contributed by atoms with Gasteiger partial charge in [-0.05, 0) is 30.3 Å². The molecule has 0 heterocycles. The molecule has 20 heavy (non-hydrogen) atoms. The maximum Gasteiger partial charge on any atom is 0.248 e. The number of halogens is 3. The second-order valence-corrected chi connectivity index (χ2v) is 4.41. The molecule has 2 rings (SSSR count). The molecule has 2 N–H and O–H groups in total. The van der Waals surface area contributed by atoms with Crippen LogP contribution in [-0.2, 0) is 6.61 Å². The maximum absolute atomic E-state index is 13.6. The maximum atomic E-state index is 13.6. The van der Waals surface area contributed by atoms with Crippen molar-refractivity contribution < 1.29 is 18.3 Å². The van der Waals surface area contributed by atoms with E-state index in [1.807, 2.05) is 0 Å². The van der Waals surface area contributed by atoms with Crippen LogP contribution >= 0.6 is 11.6 Å². The van der Waals surface area contributed by atoms with E-state index >= 15 is 0 Å². The fourth-order valence-electron chi connectivity index (χ4n) is 1.60. The lowest BCUT2D eigenvalue weighted by Gasteiger charge is -2.09. The number of nitrogens with two attached hydrogens (primary N) is 1. The molecule has 0 spiro atoms. The topological polar surface area (TPSA) is 52.3 Å². The summed E-state index contributed by atoms with van der Waals surface area (Å²) in [6.45, 7) is -0.347. The molecule has 0 aliphatic heterocycles. The summed E-state index contributed by atoms with van der Waals surface area (Å²) < 4.78 is 32.4. The zero-order valence-electron chi connectivity index (χ0n) is 10.2. The van der Waals surface area contributed by atoms with E-state index < -0.39 is 17.5 Å². The summed E-state index contributed by atoms with van der Waals surface area (Å²) in [5.41, 5.74) is 5.10. The highest BCUT2D eigenvalue weighted by molar-refractivity contribution is 6.30. The number of benzene rings is 2. The minimum absolute atomic E-state index is 0.184. The molecule has 0 fully saturated rings. The van der Waals surface area contributed by atoms with Crippen molar-refractivity contribution in [3.05, 3.63) is 64.2 Å². The molecule has 1 amide bonds. The van der Waals surface area contributed by atoms with Gasteiger partial charge >= 0.3 is 0 Å². The van der Waals surface area contributed by atoms with Crippen LogP contribution in [0, 0.1) is 11.6 Å². The second-order valence-electron chi connectivity index (χ2n) is 4.00. The van der Waals surface area contributed by atoms with Gasteiger partial charge in [0.25, 0.3) is 0 Å². The van der Waals surface area contributed by atoms with Crippen LogP contribution in [-0.4, -0.2) is 5.91 Å². The van der Waals surface area contributed by atoms with Gasteiger partial charge in [0.1, 0.15) is 18.2 Å². The van der Waals surface area contributed by atoms with Gasteiger partial charge in [-0.3, -0.25) is 4.79 Å². The van der Waals surface area contributed by atoms with Crippen LogP contribution in [0.2, 0.25) is 5.02 Å². The van der Waals surface area contributed by atoms with Crippen molar-refractivity contribution in [2.24, 2.45) is 5.73 Å². The van der Waals surface area contributed by atoms with E-state index in [2.05, 4.69) is 0 Å². The number of primary amides is 1. The van der Waals surface area contributed by atoms with Crippen molar-refractivity contribution in [1.82, 2.24) is 0 Å². The summed E-state index contributed by atoms with van der Waals surface area (Å²) in [4.78, 5) is 11.0. The SMILES string of the molecule is NC(=O)c1cccc(OCc2c(F)ccc(Cl)c2F)c1. The Morgan fingerprint density at radius 2 is 2.00 bits per heavy atom. The Hall–Kier alpha value is -2.14. The van der Waals surface area contributed by atoms with Crippen molar-refractivity contribution in [3.63, 3.8) is 0 Å². The van der Waals surface area contributed by atoms with Gasteiger partial charge in [0.15, 0.2) is 5.82 Å². The van der Waals surface area contributed by atoms with Gasteiger partial charge in [0.2, 0.25) is 5.91 Å². The fourth-order valence-corrected chi connectivity index (χ4v) is 1.77. The molecule has 0 radical (unpaired) electrons. The lowest BCUT2D eigenvalue weighted by Crippen LogP contribution is -2.11. The fraction of sp³-hybridized carbons (Fsp3) is 0.0714. The summed E-state index contributed by atoms with van der Waals surface area (Å²) in [6, 6.07) is 8.19. The van der Waals surface area contributed by atoms with Gasteiger partial charge in [0, 0.05) is 5.56 Å². The molecule has 0 saturated carbocycles. The van der Waals surface area contributed by atoms with Crippen LogP contribution in [0.5, 0.6) is 5.75 Å². The number of amides is 1. The molecule has 0 saturated heterocycles. The third kappa shape index (κ3) is 3.05. The van der Waals surface area contributed by atoms with Crippen LogP contribution in [0.25, 0.3) is 0 Å². The summed E-state index contributed by atoms with van der Waals surface area (Å²) >= 11 is 5.58. The lowest BCUT2D eigenvalue weighted by molar-refractivity contribution is 0.0999. The Bertz CT molecular complexity index is 662. The Labute approximate surface area is 118 Å². The molecule has 6 heteroatoms. The molecule has 0 aromatic heterocycles. The van der Waals surface area contributed by atoms with Crippen LogP contribution in [0.1, 0.15) is 15.9 Å². The Balaban J connectivity index is 2.19. The van der Waals surface area contributed by atoms with E-state index in [0.717, 1.165) is 12.1 Å². The van der Waals surface area contributed by atoms with Gasteiger partial charge in [-0.25, -0.2) is 8.78 Å². The van der Waals surface area contributed by atoms with Gasteiger partial charge in [-0.1, -0.05) is 17.7 Å². The smallest absolute Gasteiger partial charge is 0.248 e. The van der Waals surface area contributed by atoms with E-state index in [-0.39, 0.29) is 28.5 Å². The molecule has 2 aromatic carbocycles. The number of carbonyl (C=O) groups is 1. The number of ether oxygens (including phenoxy) is 1.